The van der Waals surface area contributed by atoms with Crippen molar-refractivity contribution < 1.29 is 9.90 Å². The van der Waals surface area contributed by atoms with Crippen LogP contribution in [0.1, 0.15) is 0 Å². The van der Waals surface area contributed by atoms with E-state index in [-0.39, 0.29) is 17.4 Å². The van der Waals surface area contributed by atoms with Gasteiger partial charge in [0.1, 0.15) is 5.75 Å². The van der Waals surface area contributed by atoms with Gasteiger partial charge in [-0.15, -0.1) is 21.5 Å². The second kappa shape index (κ2) is 8.24. The van der Waals surface area contributed by atoms with Crippen molar-refractivity contribution in [3.8, 4) is 22.8 Å². The van der Waals surface area contributed by atoms with Crippen LogP contribution in [0.4, 0.5) is 5.13 Å². The molecule has 2 aromatic carbocycles. The number of carbonyl (C=O) groups is 1. The molecule has 0 atom stereocenters. The molecule has 1 amide bonds. The highest BCUT2D eigenvalue weighted by Crippen LogP contribution is 2.32. The molecular weight excluding hydrogens is 394 g/mol. The average Bonchev–Trinajstić information content (AvgIpc) is 3.37. The van der Waals surface area contributed by atoms with Crippen LogP contribution in [0.25, 0.3) is 17.1 Å². The van der Waals surface area contributed by atoms with Gasteiger partial charge in [0.2, 0.25) is 5.91 Å². The molecule has 0 saturated carbocycles. The van der Waals surface area contributed by atoms with Gasteiger partial charge < -0.3 is 10.4 Å². The first kappa shape index (κ1) is 18.2. The molecule has 0 unspecified atom stereocenters. The maximum absolute atomic E-state index is 12.2. The van der Waals surface area contributed by atoms with E-state index in [1.165, 1.54) is 23.1 Å². The molecule has 2 aromatic heterocycles. The lowest BCUT2D eigenvalue weighted by Gasteiger charge is -2.11. The summed E-state index contributed by atoms with van der Waals surface area (Å²) in [6, 6.07) is 16.5. The molecule has 4 aromatic rings. The van der Waals surface area contributed by atoms with Crippen molar-refractivity contribution in [1.82, 2.24) is 19.7 Å². The summed E-state index contributed by atoms with van der Waals surface area (Å²) in [7, 11) is 0. The molecule has 0 aliphatic rings. The third kappa shape index (κ3) is 3.90. The quantitative estimate of drug-likeness (QED) is 0.470. The first-order valence-electron chi connectivity index (χ1n) is 8.34. The van der Waals surface area contributed by atoms with Crippen molar-refractivity contribution in [2.24, 2.45) is 0 Å². The Morgan fingerprint density at radius 3 is 2.64 bits per heavy atom. The normalized spacial score (nSPS) is 10.7. The van der Waals surface area contributed by atoms with E-state index in [4.69, 9.17) is 0 Å². The Labute approximate surface area is 169 Å². The lowest BCUT2D eigenvalue weighted by Crippen LogP contribution is -2.14. The zero-order valence-corrected chi connectivity index (χ0v) is 16.2. The van der Waals surface area contributed by atoms with Gasteiger partial charge in [0.25, 0.3) is 0 Å². The molecule has 0 aliphatic heterocycles. The number of aromatic nitrogens is 4. The molecule has 4 rings (SSSR count). The summed E-state index contributed by atoms with van der Waals surface area (Å²) in [5, 5.41) is 24.4. The van der Waals surface area contributed by atoms with E-state index >= 15 is 0 Å². The van der Waals surface area contributed by atoms with Crippen LogP contribution in [0.15, 0.2) is 71.3 Å². The van der Waals surface area contributed by atoms with E-state index in [1.54, 1.807) is 29.8 Å². The summed E-state index contributed by atoms with van der Waals surface area (Å²) in [4.78, 5) is 16.2. The second-order valence-corrected chi connectivity index (χ2v) is 7.51. The van der Waals surface area contributed by atoms with Gasteiger partial charge in [0.15, 0.2) is 16.1 Å². The lowest BCUT2D eigenvalue weighted by atomic mass is 10.2. The highest BCUT2D eigenvalue weighted by Gasteiger charge is 2.19. The lowest BCUT2D eigenvalue weighted by molar-refractivity contribution is -0.113. The maximum atomic E-state index is 12.2. The number of para-hydroxylation sites is 2. The van der Waals surface area contributed by atoms with Crippen LogP contribution in [0.2, 0.25) is 0 Å². The third-order valence-corrected chi connectivity index (χ3v) is 5.42. The summed E-state index contributed by atoms with van der Waals surface area (Å²) in [6.45, 7) is 0. The molecule has 0 radical (unpaired) electrons. The zero-order chi connectivity index (χ0) is 19.3. The van der Waals surface area contributed by atoms with Crippen LogP contribution in [0.3, 0.4) is 0 Å². The number of carbonyl (C=O) groups excluding carboxylic acids is 1. The van der Waals surface area contributed by atoms with Gasteiger partial charge in [-0.2, -0.15) is 0 Å². The number of thiazole rings is 1. The molecule has 2 heterocycles. The predicted octanol–water partition coefficient (Wildman–Crippen LogP) is 3.83. The van der Waals surface area contributed by atoms with Crippen LogP contribution in [0, 0.1) is 0 Å². The number of phenols is 1. The summed E-state index contributed by atoms with van der Waals surface area (Å²) in [5.41, 5.74) is 1.41. The van der Waals surface area contributed by atoms with Crippen molar-refractivity contribution in [2.75, 3.05) is 11.1 Å². The van der Waals surface area contributed by atoms with Crippen molar-refractivity contribution in [3.63, 3.8) is 0 Å². The van der Waals surface area contributed by atoms with E-state index in [0.717, 1.165) is 5.69 Å². The van der Waals surface area contributed by atoms with Gasteiger partial charge in [-0.1, -0.05) is 42.1 Å². The first-order valence-corrected chi connectivity index (χ1v) is 10.2. The first-order chi connectivity index (χ1) is 13.7. The Hall–Kier alpha value is -3.17. The number of hydrogen-bond donors (Lipinski definition) is 2. The van der Waals surface area contributed by atoms with Gasteiger partial charge in [-0.05, 0) is 24.3 Å². The minimum absolute atomic E-state index is 0.116. The molecule has 9 heteroatoms. The zero-order valence-electron chi connectivity index (χ0n) is 14.5. The van der Waals surface area contributed by atoms with E-state index in [9.17, 15) is 9.90 Å². The van der Waals surface area contributed by atoms with Crippen LogP contribution < -0.4 is 5.32 Å². The standard InChI is InChI=1S/C19H15N5O2S2/c25-15-9-5-4-8-14(15)17-22-23-19(24(17)13-6-2-1-3-7-13)28-12-16(26)21-18-20-10-11-27-18/h1-11,25H,12H2,(H,20,21,26). The molecule has 2 N–H and O–H groups in total. The molecule has 0 fully saturated rings. The minimum atomic E-state index is -0.174. The van der Waals surface area contributed by atoms with Crippen LogP contribution in [0.5, 0.6) is 5.75 Å². The number of hydrogen-bond acceptors (Lipinski definition) is 7. The fourth-order valence-electron chi connectivity index (χ4n) is 2.58. The maximum Gasteiger partial charge on any atom is 0.236 e. The van der Waals surface area contributed by atoms with Gasteiger partial charge in [-0.25, -0.2) is 4.98 Å². The molecule has 0 spiro atoms. The van der Waals surface area contributed by atoms with Crippen LogP contribution in [-0.2, 0) is 4.79 Å². The number of benzene rings is 2. The summed E-state index contributed by atoms with van der Waals surface area (Å²) < 4.78 is 1.83. The molecule has 0 saturated heterocycles. The molecular formula is C19H15N5O2S2. The van der Waals surface area contributed by atoms with Crippen molar-refractivity contribution >= 4 is 34.1 Å². The monoisotopic (exact) mass is 409 g/mol. The number of amides is 1. The number of thioether (sulfide) groups is 1. The smallest absolute Gasteiger partial charge is 0.236 e. The van der Waals surface area contributed by atoms with Gasteiger partial charge in [0.05, 0.1) is 11.3 Å². The Morgan fingerprint density at radius 2 is 1.89 bits per heavy atom. The van der Waals surface area contributed by atoms with Crippen molar-refractivity contribution in [3.05, 3.63) is 66.2 Å². The van der Waals surface area contributed by atoms with Crippen LogP contribution in [-0.4, -0.2) is 36.5 Å². The molecule has 0 aliphatic carbocycles. The SMILES string of the molecule is O=C(CSc1nnc(-c2ccccc2O)n1-c1ccccc1)Nc1nccs1. The topological polar surface area (TPSA) is 92.9 Å². The number of rotatable bonds is 6. The largest absolute Gasteiger partial charge is 0.507 e. The highest BCUT2D eigenvalue weighted by molar-refractivity contribution is 7.99. The summed E-state index contributed by atoms with van der Waals surface area (Å²) in [6.07, 6.45) is 1.64. The molecule has 0 bridgehead atoms. The van der Waals surface area contributed by atoms with Crippen molar-refractivity contribution in [1.29, 1.82) is 0 Å². The van der Waals surface area contributed by atoms with E-state index in [0.29, 0.717) is 21.7 Å². The van der Waals surface area contributed by atoms with E-state index < -0.39 is 0 Å². The van der Waals surface area contributed by atoms with Gasteiger partial charge >= 0.3 is 0 Å². The summed E-state index contributed by atoms with van der Waals surface area (Å²) in [5.74, 6) is 0.606. The van der Waals surface area contributed by atoms with Crippen molar-refractivity contribution in [2.45, 2.75) is 5.16 Å². The molecule has 140 valence electrons. The fourth-order valence-corrected chi connectivity index (χ4v) is 3.88. The number of phenolic OH excluding ortho intramolecular Hbond substituents is 1. The number of nitrogens with one attached hydrogen (secondary N) is 1. The number of nitrogens with zero attached hydrogens (tertiary/aromatic N) is 4. The van der Waals surface area contributed by atoms with Gasteiger partial charge in [0, 0.05) is 17.3 Å². The number of anilines is 1. The van der Waals surface area contributed by atoms with Crippen LogP contribution >= 0.6 is 23.1 Å². The fraction of sp³-hybridized carbons (Fsp3) is 0.0526. The number of aromatic hydroxyl groups is 1. The minimum Gasteiger partial charge on any atom is -0.507 e. The third-order valence-electron chi connectivity index (χ3n) is 3.80. The molecule has 7 nitrogen and oxygen atoms in total. The Balaban J connectivity index is 1.64. The Kier molecular flexibility index (Phi) is 5.36. The highest BCUT2D eigenvalue weighted by atomic mass is 32.2. The Bertz CT molecular complexity index is 1080. The predicted molar refractivity (Wildman–Crippen MR) is 110 cm³/mol. The Morgan fingerprint density at radius 1 is 1.11 bits per heavy atom. The summed E-state index contributed by atoms with van der Waals surface area (Å²) >= 11 is 2.63. The van der Waals surface area contributed by atoms with E-state index in [1.807, 2.05) is 41.0 Å². The second-order valence-electron chi connectivity index (χ2n) is 5.67. The average molecular weight is 409 g/mol. The van der Waals surface area contributed by atoms with Gasteiger partial charge in [-0.3, -0.25) is 9.36 Å². The van der Waals surface area contributed by atoms with E-state index in [2.05, 4.69) is 20.5 Å². The molecule has 28 heavy (non-hydrogen) atoms.